The van der Waals surface area contributed by atoms with Gasteiger partial charge in [-0.1, -0.05) is 16.9 Å². The Bertz CT molecular complexity index is 553. The van der Waals surface area contributed by atoms with Crippen molar-refractivity contribution in [3.8, 4) is 0 Å². The maximum absolute atomic E-state index is 10.7. The summed E-state index contributed by atoms with van der Waals surface area (Å²) >= 11 is 1.46. The van der Waals surface area contributed by atoms with E-state index in [-0.39, 0.29) is 5.56 Å². The number of carboxylic acid groups (broad SMARTS) is 1. The molecule has 0 spiro atoms. The molecule has 2 aromatic heterocycles. The van der Waals surface area contributed by atoms with E-state index in [0.29, 0.717) is 18.1 Å². The van der Waals surface area contributed by atoms with E-state index >= 15 is 0 Å². The van der Waals surface area contributed by atoms with Gasteiger partial charge in [0.25, 0.3) is 0 Å². The summed E-state index contributed by atoms with van der Waals surface area (Å²) in [5.41, 5.74) is 0.967. The van der Waals surface area contributed by atoms with Gasteiger partial charge in [-0.3, -0.25) is 0 Å². The summed E-state index contributed by atoms with van der Waals surface area (Å²) in [5, 5.41) is 13.4. The molecule has 0 fully saturated rings. The van der Waals surface area contributed by atoms with Gasteiger partial charge in [0.15, 0.2) is 5.76 Å². The molecule has 0 atom stereocenters. The van der Waals surface area contributed by atoms with Crippen molar-refractivity contribution in [3.05, 3.63) is 41.4 Å². The summed E-state index contributed by atoms with van der Waals surface area (Å²) in [4.78, 5) is 14.7. The van der Waals surface area contributed by atoms with Crippen LogP contribution in [0.25, 0.3) is 0 Å². The molecule has 100 valence electrons. The summed E-state index contributed by atoms with van der Waals surface area (Å²) < 4.78 is 9.99. The first kappa shape index (κ1) is 13.6. The van der Waals surface area contributed by atoms with E-state index in [4.69, 9.17) is 14.4 Å². The Hall–Kier alpha value is -1.86. The lowest BCUT2D eigenvalue weighted by Crippen LogP contribution is -1.96. The minimum absolute atomic E-state index is 0.174. The summed E-state index contributed by atoms with van der Waals surface area (Å²) in [5.74, 6) is 0.296. The van der Waals surface area contributed by atoms with Crippen LogP contribution in [0.4, 0.5) is 0 Å². The molecular weight excluding hydrogens is 268 g/mol. The molecule has 0 unspecified atom stereocenters. The van der Waals surface area contributed by atoms with Gasteiger partial charge < -0.3 is 14.4 Å². The van der Waals surface area contributed by atoms with Crippen LogP contribution < -0.4 is 0 Å². The fourth-order valence-corrected chi connectivity index (χ4v) is 2.10. The van der Waals surface area contributed by atoms with E-state index in [0.717, 1.165) is 10.7 Å². The number of hydrogen-bond acceptors (Lipinski definition) is 6. The molecule has 6 nitrogen and oxygen atoms in total. The highest BCUT2D eigenvalue weighted by molar-refractivity contribution is 7.98. The van der Waals surface area contributed by atoms with Crippen molar-refractivity contribution in [2.75, 3.05) is 7.11 Å². The van der Waals surface area contributed by atoms with Crippen LogP contribution in [0.3, 0.4) is 0 Å². The first-order valence-corrected chi connectivity index (χ1v) is 6.43. The third kappa shape index (κ3) is 3.80. The quantitative estimate of drug-likeness (QED) is 0.812. The Kier molecular flexibility index (Phi) is 4.53. The molecular formula is C12H12N2O4S. The van der Waals surface area contributed by atoms with Crippen molar-refractivity contribution in [2.45, 2.75) is 17.4 Å². The largest absolute Gasteiger partial charge is 0.478 e. The summed E-state index contributed by atoms with van der Waals surface area (Å²) in [7, 11) is 1.59. The van der Waals surface area contributed by atoms with Crippen LogP contribution in [0, 0.1) is 0 Å². The van der Waals surface area contributed by atoms with Crippen molar-refractivity contribution < 1.29 is 19.2 Å². The molecule has 2 heterocycles. The number of rotatable bonds is 6. The number of methoxy groups -OCH3 is 1. The lowest BCUT2D eigenvalue weighted by atomic mass is 10.3. The predicted molar refractivity (Wildman–Crippen MR) is 68.0 cm³/mol. The first-order valence-electron chi connectivity index (χ1n) is 5.44. The second-order valence-corrected chi connectivity index (χ2v) is 4.69. The van der Waals surface area contributed by atoms with E-state index in [9.17, 15) is 4.79 Å². The first-order chi connectivity index (χ1) is 9.19. The van der Waals surface area contributed by atoms with Gasteiger partial charge in [-0.15, -0.1) is 0 Å². The highest BCUT2D eigenvalue weighted by atomic mass is 32.2. The van der Waals surface area contributed by atoms with Gasteiger partial charge >= 0.3 is 5.97 Å². The number of nitrogens with zero attached hydrogens (tertiary/aromatic N) is 2. The van der Waals surface area contributed by atoms with Crippen LogP contribution in [0.15, 0.2) is 33.9 Å². The van der Waals surface area contributed by atoms with Crippen LogP contribution in [0.1, 0.15) is 21.8 Å². The number of hydrogen-bond donors (Lipinski definition) is 1. The molecule has 0 aliphatic heterocycles. The maximum Gasteiger partial charge on any atom is 0.337 e. The molecule has 0 saturated heterocycles. The van der Waals surface area contributed by atoms with Crippen LogP contribution in [-0.4, -0.2) is 28.3 Å². The zero-order valence-corrected chi connectivity index (χ0v) is 11.0. The number of ether oxygens (including phenoxy) is 1. The smallest absolute Gasteiger partial charge is 0.337 e. The van der Waals surface area contributed by atoms with Gasteiger partial charge in [-0.2, -0.15) is 0 Å². The lowest BCUT2D eigenvalue weighted by molar-refractivity contribution is 0.0696. The van der Waals surface area contributed by atoms with Crippen LogP contribution in [0.2, 0.25) is 0 Å². The number of carbonyl (C=O) groups is 1. The Morgan fingerprint density at radius 1 is 1.53 bits per heavy atom. The molecule has 7 heteroatoms. The molecule has 0 radical (unpaired) electrons. The standard InChI is InChI=1S/C12H12N2O4S/c1-17-6-10-4-9(14-18-10)7-19-11-3-2-8(5-13-11)12(15)16/h2-5H,6-7H2,1H3,(H,15,16). The predicted octanol–water partition coefficient (Wildman–Crippen LogP) is 2.21. The van der Waals surface area contributed by atoms with Gasteiger partial charge in [0.2, 0.25) is 0 Å². The van der Waals surface area contributed by atoms with E-state index in [1.165, 1.54) is 24.0 Å². The van der Waals surface area contributed by atoms with Crippen molar-refractivity contribution in [3.63, 3.8) is 0 Å². The Morgan fingerprint density at radius 2 is 2.37 bits per heavy atom. The topological polar surface area (TPSA) is 85.5 Å². The fourth-order valence-electron chi connectivity index (χ4n) is 1.37. The van der Waals surface area contributed by atoms with Gasteiger partial charge in [0, 0.05) is 25.1 Å². The van der Waals surface area contributed by atoms with Gasteiger partial charge in [0.1, 0.15) is 6.61 Å². The van der Waals surface area contributed by atoms with E-state index in [1.807, 2.05) is 6.07 Å². The van der Waals surface area contributed by atoms with Crippen molar-refractivity contribution >= 4 is 17.7 Å². The fraction of sp³-hybridized carbons (Fsp3) is 0.250. The zero-order valence-electron chi connectivity index (χ0n) is 10.2. The molecule has 2 rings (SSSR count). The lowest BCUT2D eigenvalue weighted by Gasteiger charge is -1.98. The van der Waals surface area contributed by atoms with Crippen molar-refractivity contribution in [1.29, 1.82) is 0 Å². The summed E-state index contributed by atoms with van der Waals surface area (Å²) in [6.07, 6.45) is 1.34. The average Bonchev–Trinajstić information content (AvgIpc) is 2.85. The van der Waals surface area contributed by atoms with E-state index < -0.39 is 5.97 Å². The average molecular weight is 280 g/mol. The summed E-state index contributed by atoms with van der Waals surface area (Å²) in [6.45, 7) is 0.392. The number of thioether (sulfide) groups is 1. The maximum atomic E-state index is 10.7. The molecule has 0 saturated carbocycles. The van der Waals surface area contributed by atoms with E-state index in [2.05, 4.69) is 10.1 Å². The van der Waals surface area contributed by atoms with Gasteiger partial charge in [-0.25, -0.2) is 9.78 Å². The Balaban J connectivity index is 1.92. The van der Waals surface area contributed by atoms with Crippen molar-refractivity contribution in [1.82, 2.24) is 10.1 Å². The molecule has 0 aliphatic carbocycles. The third-order valence-corrected chi connectivity index (χ3v) is 3.22. The second kappa shape index (κ2) is 6.35. The number of carboxylic acids is 1. The summed E-state index contributed by atoms with van der Waals surface area (Å²) in [6, 6.07) is 5.02. The third-order valence-electron chi connectivity index (χ3n) is 2.25. The Labute approximate surface area is 113 Å². The molecule has 0 amide bonds. The van der Waals surface area contributed by atoms with Crippen LogP contribution in [-0.2, 0) is 17.1 Å². The number of pyridine rings is 1. The molecule has 0 aliphatic rings. The number of aromatic carboxylic acids is 1. The minimum atomic E-state index is -0.982. The van der Waals surface area contributed by atoms with E-state index in [1.54, 1.807) is 13.2 Å². The highest BCUT2D eigenvalue weighted by Gasteiger charge is 2.06. The SMILES string of the molecule is COCc1cc(CSc2ccc(C(=O)O)cn2)no1. The van der Waals surface area contributed by atoms with Crippen molar-refractivity contribution in [2.24, 2.45) is 0 Å². The highest BCUT2D eigenvalue weighted by Crippen LogP contribution is 2.20. The zero-order chi connectivity index (χ0) is 13.7. The van der Waals surface area contributed by atoms with Gasteiger partial charge in [0.05, 0.1) is 16.3 Å². The molecule has 2 aromatic rings. The molecule has 0 aromatic carbocycles. The number of aromatic nitrogens is 2. The van der Waals surface area contributed by atoms with Crippen LogP contribution in [0.5, 0.6) is 0 Å². The molecule has 1 N–H and O–H groups in total. The monoisotopic (exact) mass is 280 g/mol. The Morgan fingerprint density at radius 3 is 3.00 bits per heavy atom. The minimum Gasteiger partial charge on any atom is -0.478 e. The second-order valence-electron chi connectivity index (χ2n) is 3.70. The van der Waals surface area contributed by atoms with Crippen LogP contribution >= 0.6 is 11.8 Å². The molecule has 0 bridgehead atoms. The molecule has 19 heavy (non-hydrogen) atoms. The normalized spacial score (nSPS) is 10.6. The van der Waals surface area contributed by atoms with Gasteiger partial charge in [-0.05, 0) is 12.1 Å².